The Hall–Kier alpha value is -2.85. The number of fused-ring (bicyclic) bond motifs is 1. The van der Waals surface area contributed by atoms with E-state index in [4.69, 9.17) is 21.1 Å². The molecule has 0 fully saturated rings. The van der Waals surface area contributed by atoms with E-state index in [0.717, 1.165) is 10.8 Å². The van der Waals surface area contributed by atoms with Crippen molar-refractivity contribution in [2.24, 2.45) is 0 Å². The van der Waals surface area contributed by atoms with Gasteiger partial charge in [-0.3, -0.25) is 4.79 Å². The van der Waals surface area contributed by atoms with Crippen LogP contribution >= 0.6 is 11.6 Å². The van der Waals surface area contributed by atoms with Crippen LogP contribution < -0.4 is 4.74 Å². The predicted molar refractivity (Wildman–Crippen MR) is 101 cm³/mol. The number of esters is 1. The fourth-order valence-corrected chi connectivity index (χ4v) is 2.75. The number of ether oxygens (including phenoxy) is 2. The van der Waals surface area contributed by atoms with Gasteiger partial charge in [-0.2, -0.15) is 0 Å². The SMILES string of the molecule is CC(OC(=O)COc1ccc2ccccc2c1)C(=O)c1cccc(Cl)c1. The first-order valence-electron chi connectivity index (χ1n) is 8.14. The third-order valence-electron chi connectivity index (χ3n) is 3.86. The molecular weight excluding hydrogens is 352 g/mol. The first-order chi connectivity index (χ1) is 12.5. The highest BCUT2D eigenvalue weighted by molar-refractivity contribution is 6.31. The molecule has 0 N–H and O–H groups in total. The first kappa shape index (κ1) is 18.0. The van der Waals surface area contributed by atoms with Crippen LogP contribution in [0.3, 0.4) is 0 Å². The van der Waals surface area contributed by atoms with Gasteiger partial charge in [-0.1, -0.05) is 54.1 Å². The van der Waals surface area contributed by atoms with Crippen molar-refractivity contribution in [3.05, 3.63) is 77.3 Å². The molecule has 132 valence electrons. The molecule has 4 nitrogen and oxygen atoms in total. The maximum absolute atomic E-state index is 12.3. The summed E-state index contributed by atoms with van der Waals surface area (Å²) in [6.45, 7) is 1.25. The van der Waals surface area contributed by atoms with E-state index < -0.39 is 12.1 Å². The summed E-state index contributed by atoms with van der Waals surface area (Å²) in [7, 11) is 0. The number of ketones is 1. The van der Waals surface area contributed by atoms with Gasteiger partial charge in [0.1, 0.15) is 5.75 Å². The van der Waals surface area contributed by atoms with Crippen LogP contribution in [0.25, 0.3) is 10.8 Å². The van der Waals surface area contributed by atoms with Crippen molar-refractivity contribution >= 4 is 34.1 Å². The lowest BCUT2D eigenvalue weighted by Gasteiger charge is -2.13. The van der Waals surface area contributed by atoms with E-state index >= 15 is 0 Å². The predicted octanol–water partition coefficient (Wildman–Crippen LogP) is 4.69. The van der Waals surface area contributed by atoms with Crippen molar-refractivity contribution in [1.82, 2.24) is 0 Å². The summed E-state index contributed by atoms with van der Waals surface area (Å²) in [6, 6.07) is 19.9. The molecule has 1 unspecified atom stereocenters. The Morgan fingerprint density at radius 1 is 0.962 bits per heavy atom. The molecule has 0 saturated heterocycles. The van der Waals surface area contributed by atoms with E-state index in [0.29, 0.717) is 16.3 Å². The Kier molecular flexibility index (Phi) is 5.54. The minimum atomic E-state index is -0.916. The molecule has 0 bridgehead atoms. The molecule has 1 atom stereocenters. The minimum absolute atomic E-state index is 0.272. The van der Waals surface area contributed by atoms with Gasteiger partial charge in [0, 0.05) is 10.6 Å². The number of hydrogen-bond donors (Lipinski definition) is 0. The summed E-state index contributed by atoms with van der Waals surface area (Å²) in [4.78, 5) is 24.2. The average Bonchev–Trinajstić information content (AvgIpc) is 2.65. The molecule has 0 spiro atoms. The summed E-state index contributed by atoms with van der Waals surface area (Å²) in [5.74, 6) is -0.359. The lowest BCUT2D eigenvalue weighted by atomic mass is 10.1. The van der Waals surface area contributed by atoms with Crippen molar-refractivity contribution in [3.8, 4) is 5.75 Å². The Balaban J connectivity index is 1.56. The number of carbonyl (C=O) groups is 2. The average molecular weight is 369 g/mol. The van der Waals surface area contributed by atoms with Gasteiger partial charge in [-0.05, 0) is 42.0 Å². The normalized spacial score (nSPS) is 11.8. The molecule has 0 aromatic heterocycles. The fraction of sp³-hybridized carbons (Fsp3) is 0.143. The standard InChI is InChI=1S/C21H17ClO4/c1-14(21(24)17-7-4-8-18(22)11-17)26-20(23)13-25-19-10-9-15-5-2-3-6-16(15)12-19/h2-12,14H,13H2,1H3. The summed E-state index contributed by atoms with van der Waals surface area (Å²) in [6.07, 6.45) is -0.916. The van der Waals surface area contributed by atoms with Crippen LogP contribution in [0.15, 0.2) is 66.7 Å². The number of halogens is 1. The number of carbonyl (C=O) groups excluding carboxylic acids is 2. The summed E-state index contributed by atoms with van der Waals surface area (Å²) in [5.41, 5.74) is 0.397. The second kappa shape index (κ2) is 8.02. The zero-order valence-corrected chi connectivity index (χ0v) is 14.9. The summed E-state index contributed by atoms with van der Waals surface area (Å²) in [5, 5.41) is 2.56. The van der Waals surface area contributed by atoms with Crippen LogP contribution in [-0.2, 0) is 9.53 Å². The van der Waals surface area contributed by atoms with Gasteiger partial charge in [0.15, 0.2) is 12.7 Å². The molecule has 0 heterocycles. The second-order valence-corrected chi connectivity index (χ2v) is 6.24. The van der Waals surface area contributed by atoms with Crippen LogP contribution in [0.4, 0.5) is 0 Å². The molecule has 5 heteroatoms. The van der Waals surface area contributed by atoms with Gasteiger partial charge < -0.3 is 9.47 Å². The Morgan fingerprint density at radius 2 is 1.73 bits per heavy atom. The molecule has 0 aliphatic carbocycles. The minimum Gasteiger partial charge on any atom is -0.482 e. The van der Waals surface area contributed by atoms with Crippen LogP contribution in [0.5, 0.6) is 5.75 Å². The van der Waals surface area contributed by atoms with E-state index in [9.17, 15) is 9.59 Å². The molecule has 0 aliphatic heterocycles. The van der Waals surface area contributed by atoms with E-state index in [2.05, 4.69) is 0 Å². The first-order valence-corrected chi connectivity index (χ1v) is 8.51. The maximum atomic E-state index is 12.3. The molecule has 26 heavy (non-hydrogen) atoms. The van der Waals surface area contributed by atoms with Crippen molar-refractivity contribution in [1.29, 1.82) is 0 Å². The lowest BCUT2D eigenvalue weighted by molar-refractivity contribution is -0.148. The highest BCUT2D eigenvalue weighted by atomic mass is 35.5. The quantitative estimate of drug-likeness (QED) is 0.468. The highest BCUT2D eigenvalue weighted by Gasteiger charge is 2.20. The van der Waals surface area contributed by atoms with Gasteiger partial charge in [-0.15, -0.1) is 0 Å². The molecule has 3 rings (SSSR count). The number of rotatable bonds is 6. The highest BCUT2D eigenvalue weighted by Crippen LogP contribution is 2.20. The van der Waals surface area contributed by atoms with E-state index in [-0.39, 0.29) is 12.4 Å². The zero-order chi connectivity index (χ0) is 18.5. The van der Waals surface area contributed by atoms with Gasteiger partial charge in [-0.25, -0.2) is 4.79 Å². The monoisotopic (exact) mass is 368 g/mol. The van der Waals surface area contributed by atoms with Crippen LogP contribution in [0, 0.1) is 0 Å². The van der Waals surface area contributed by atoms with Crippen molar-refractivity contribution in [2.45, 2.75) is 13.0 Å². The van der Waals surface area contributed by atoms with Gasteiger partial charge in [0.2, 0.25) is 5.78 Å². The van der Waals surface area contributed by atoms with E-state index in [1.54, 1.807) is 30.3 Å². The van der Waals surface area contributed by atoms with Gasteiger partial charge in [0.05, 0.1) is 0 Å². The molecule has 3 aromatic rings. The van der Waals surface area contributed by atoms with Crippen LogP contribution in [0.2, 0.25) is 5.02 Å². The van der Waals surface area contributed by atoms with Gasteiger partial charge >= 0.3 is 5.97 Å². The summed E-state index contributed by atoms with van der Waals surface area (Å²) >= 11 is 5.88. The Bertz CT molecular complexity index is 951. The molecule has 0 radical (unpaired) electrons. The zero-order valence-electron chi connectivity index (χ0n) is 14.1. The summed E-state index contributed by atoms with van der Waals surface area (Å²) < 4.78 is 10.6. The van der Waals surface area contributed by atoms with Crippen molar-refractivity contribution in [2.75, 3.05) is 6.61 Å². The van der Waals surface area contributed by atoms with Crippen molar-refractivity contribution in [3.63, 3.8) is 0 Å². The second-order valence-electron chi connectivity index (χ2n) is 5.80. The molecule has 0 saturated carbocycles. The van der Waals surface area contributed by atoms with Crippen LogP contribution in [0.1, 0.15) is 17.3 Å². The third kappa shape index (κ3) is 4.41. The van der Waals surface area contributed by atoms with Crippen LogP contribution in [-0.4, -0.2) is 24.5 Å². The third-order valence-corrected chi connectivity index (χ3v) is 4.10. The van der Waals surface area contributed by atoms with E-state index in [1.165, 1.54) is 6.92 Å². The number of Topliss-reactive ketones (excluding diaryl/α,β-unsaturated/α-hetero) is 1. The molecule has 3 aromatic carbocycles. The molecule has 0 aliphatic rings. The lowest BCUT2D eigenvalue weighted by Crippen LogP contribution is -2.27. The molecular formula is C21H17ClO4. The van der Waals surface area contributed by atoms with E-state index in [1.807, 2.05) is 36.4 Å². The number of hydrogen-bond acceptors (Lipinski definition) is 4. The smallest absolute Gasteiger partial charge is 0.344 e. The van der Waals surface area contributed by atoms with Crippen molar-refractivity contribution < 1.29 is 19.1 Å². The number of benzene rings is 3. The fourth-order valence-electron chi connectivity index (χ4n) is 2.56. The van der Waals surface area contributed by atoms with Gasteiger partial charge in [0.25, 0.3) is 0 Å². The maximum Gasteiger partial charge on any atom is 0.344 e. The topological polar surface area (TPSA) is 52.6 Å². The largest absolute Gasteiger partial charge is 0.482 e. The molecule has 0 amide bonds. The Labute approximate surface area is 156 Å². The Morgan fingerprint density at radius 3 is 2.50 bits per heavy atom.